The Morgan fingerprint density at radius 3 is 2.60 bits per heavy atom. The van der Waals surface area contributed by atoms with Crippen LogP contribution in [0.25, 0.3) is 0 Å². The third kappa shape index (κ3) is 1.26. The van der Waals surface area contributed by atoms with Crippen molar-refractivity contribution < 1.29 is 14.3 Å². The lowest BCUT2D eigenvalue weighted by molar-refractivity contribution is -0.116. The molecule has 10 heavy (non-hydrogen) atoms. The molecule has 0 unspecified atom stereocenters. The molecule has 0 aromatic carbocycles. The minimum absolute atomic E-state index is 0.537. The lowest BCUT2D eigenvalue weighted by atomic mass is 10.4. The number of hydrogen-bond acceptors (Lipinski definition) is 3. The van der Waals surface area contributed by atoms with Crippen LogP contribution in [0.15, 0.2) is 0 Å². The van der Waals surface area contributed by atoms with Gasteiger partial charge in [-0.3, -0.25) is 4.79 Å². The smallest absolute Gasteiger partial charge is 0.407 e. The van der Waals surface area contributed by atoms with E-state index in [1.807, 2.05) is 0 Å². The highest BCUT2D eigenvalue weighted by atomic mass is 16.6. The fraction of sp³-hybridized carbons (Fsp3) is 0.667. The maximum atomic E-state index is 10.5. The summed E-state index contributed by atoms with van der Waals surface area (Å²) in [6, 6.07) is 0. The number of alkyl carbamates (subject to hydrolysis) is 1. The molecule has 0 radical (unpaired) electrons. The molecule has 0 spiro atoms. The normalized spacial score (nSPS) is 19.3. The number of hydrogen-bond donors (Lipinski definition) is 1. The van der Waals surface area contributed by atoms with Crippen LogP contribution < -0.4 is 5.32 Å². The molecule has 0 aromatic rings. The second-order valence-corrected chi connectivity index (χ2v) is 2.32. The Hall–Kier alpha value is -1.06. The molecular formula is C6H9NO3. The van der Waals surface area contributed by atoms with Crippen LogP contribution in [0.3, 0.4) is 0 Å². The lowest BCUT2D eigenvalue weighted by Gasteiger charge is -2.07. The van der Waals surface area contributed by atoms with Crippen molar-refractivity contribution in [2.45, 2.75) is 18.4 Å². The van der Waals surface area contributed by atoms with Gasteiger partial charge in [-0.05, 0) is 12.8 Å². The summed E-state index contributed by atoms with van der Waals surface area (Å²) in [6.07, 6.45) is 1.46. The summed E-state index contributed by atoms with van der Waals surface area (Å²) in [7, 11) is 1.46. The van der Waals surface area contributed by atoms with E-state index in [2.05, 4.69) is 5.32 Å². The number of carbonyl (C=O) groups excluding carboxylic acids is 2. The van der Waals surface area contributed by atoms with E-state index in [4.69, 9.17) is 4.74 Å². The van der Waals surface area contributed by atoms with Gasteiger partial charge in [-0.25, -0.2) is 4.79 Å². The third-order valence-electron chi connectivity index (χ3n) is 1.46. The topological polar surface area (TPSA) is 55.4 Å². The molecule has 0 saturated heterocycles. The molecule has 1 saturated carbocycles. The minimum Gasteiger partial charge on any atom is -0.435 e. The van der Waals surface area contributed by atoms with E-state index in [0.717, 1.165) is 0 Å². The largest absolute Gasteiger partial charge is 0.435 e. The lowest BCUT2D eigenvalue weighted by Crippen LogP contribution is -2.27. The molecule has 0 bridgehead atoms. The van der Waals surface area contributed by atoms with Gasteiger partial charge in [0.1, 0.15) is 0 Å². The number of aldehydes is 1. The fourth-order valence-corrected chi connectivity index (χ4v) is 0.603. The van der Waals surface area contributed by atoms with E-state index in [1.165, 1.54) is 7.05 Å². The number of nitrogens with one attached hydrogen (secondary N) is 1. The van der Waals surface area contributed by atoms with Gasteiger partial charge in [0.05, 0.1) is 0 Å². The first-order valence-electron chi connectivity index (χ1n) is 3.09. The van der Waals surface area contributed by atoms with Crippen LogP contribution in [-0.2, 0) is 9.53 Å². The van der Waals surface area contributed by atoms with Gasteiger partial charge in [0.15, 0.2) is 11.9 Å². The van der Waals surface area contributed by atoms with Crippen molar-refractivity contribution in [2.75, 3.05) is 7.05 Å². The quantitative estimate of drug-likeness (QED) is 0.556. The van der Waals surface area contributed by atoms with E-state index >= 15 is 0 Å². The van der Waals surface area contributed by atoms with Crippen molar-refractivity contribution in [2.24, 2.45) is 0 Å². The van der Waals surface area contributed by atoms with Gasteiger partial charge in [-0.1, -0.05) is 0 Å². The van der Waals surface area contributed by atoms with Gasteiger partial charge in [0, 0.05) is 7.05 Å². The summed E-state index contributed by atoms with van der Waals surface area (Å²) in [5.74, 6) is 0. The van der Waals surface area contributed by atoms with Crippen molar-refractivity contribution in [1.29, 1.82) is 0 Å². The molecule has 0 atom stereocenters. The molecule has 0 aliphatic heterocycles. The highest BCUT2D eigenvalue weighted by Crippen LogP contribution is 2.37. The van der Waals surface area contributed by atoms with E-state index in [-0.39, 0.29) is 0 Å². The molecule has 1 N–H and O–H groups in total. The average Bonchev–Trinajstić information content (AvgIpc) is 2.70. The Morgan fingerprint density at radius 1 is 1.70 bits per heavy atom. The monoisotopic (exact) mass is 143 g/mol. The van der Waals surface area contributed by atoms with Crippen molar-refractivity contribution in [3.63, 3.8) is 0 Å². The molecule has 1 fully saturated rings. The van der Waals surface area contributed by atoms with Crippen LogP contribution in [-0.4, -0.2) is 25.0 Å². The van der Waals surface area contributed by atoms with Gasteiger partial charge in [-0.2, -0.15) is 0 Å². The zero-order valence-electron chi connectivity index (χ0n) is 5.72. The Labute approximate surface area is 58.5 Å². The molecule has 1 rings (SSSR count). The van der Waals surface area contributed by atoms with Gasteiger partial charge in [0.25, 0.3) is 0 Å². The van der Waals surface area contributed by atoms with Crippen LogP contribution in [0, 0.1) is 0 Å². The summed E-state index contributed by atoms with van der Waals surface area (Å²) >= 11 is 0. The number of amides is 1. The first kappa shape index (κ1) is 7.05. The van der Waals surface area contributed by atoms with Crippen molar-refractivity contribution >= 4 is 12.4 Å². The van der Waals surface area contributed by atoms with Gasteiger partial charge in [-0.15, -0.1) is 0 Å². The summed E-state index contributed by atoms with van der Waals surface area (Å²) in [6.45, 7) is 0. The SMILES string of the molecule is CNC(=O)OC1(C=O)CC1. The molecule has 1 aliphatic rings. The second-order valence-electron chi connectivity index (χ2n) is 2.32. The molecule has 0 aromatic heterocycles. The number of ether oxygens (including phenoxy) is 1. The maximum absolute atomic E-state index is 10.5. The highest BCUT2D eigenvalue weighted by molar-refractivity contribution is 5.75. The minimum atomic E-state index is -0.778. The van der Waals surface area contributed by atoms with Crippen LogP contribution in [0.2, 0.25) is 0 Å². The Bertz CT molecular complexity index is 162. The summed E-state index contributed by atoms with van der Waals surface area (Å²) in [5, 5.41) is 2.28. The zero-order chi connectivity index (χ0) is 7.61. The molecule has 1 aliphatic carbocycles. The van der Waals surface area contributed by atoms with E-state index in [1.54, 1.807) is 0 Å². The van der Waals surface area contributed by atoms with Crippen molar-refractivity contribution in [3.05, 3.63) is 0 Å². The molecular weight excluding hydrogens is 134 g/mol. The Balaban J connectivity index is 2.37. The van der Waals surface area contributed by atoms with Crippen LogP contribution >= 0.6 is 0 Å². The van der Waals surface area contributed by atoms with Crippen LogP contribution in [0.5, 0.6) is 0 Å². The van der Waals surface area contributed by atoms with Crippen LogP contribution in [0.4, 0.5) is 4.79 Å². The first-order chi connectivity index (χ1) is 4.72. The molecule has 56 valence electrons. The van der Waals surface area contributed by atoms with E-state index in [9.17, 15) is 9.59 Å². The van der Waals surface area contributed by atoms with Crippen molar-refractivity contribution in [1.82, 2.24) is 5.32 Å². The Morgan fingerprint density at radius 2 is 2.30 bits per heavy atom. The molecule has 1 amide bonds. The van der Waals surface area contributed by atoms with Gasteiger partial charge in [0.2, 0.25) is 0 Å². The number of rotatable bonds is 2. The third-order valence-corrected chi connectivity index (χ3v) is 1.46. The van der Waals surface area contributed by atoms with Gasteiger partial charge < -0.3 is 10.1 Å². The van der Waals surface area contributed by atoms with Crippen molar-refractivity contribution in [3.8, 4) is 0 Å². The highest BCUT2D eigenvalue weighted by Gasteiger charge is 2.46. The van der Waals surface area contributed by atoms with E-state index in [0.29, 0.717) is 19.1 Å². The van der Waals surface area contributed by atoms with Gasteiger partial charge >= 0.3 is 6.09 Å². The van der Waals surface area contributed by atoms with Crippen LogP contribution in [0.1, 0.15) is 12.8 Å². The standard InChI is InChI=1S/C6H9NO3/c1-7-5(9)10-6(4-8)2-3-6/h4H,2-3H2,1H3,(H,7,9). The Kier molecular flexibility index (Phi) is 1.61. The first-order valence-corrected chi connectivity index (χ1v) is 3.09. The molecule has 0 heterocycles. The predicted molar refractivity (Wildman–Crippen MR) is 33.6 cm³/mol. The maximum Gasteiger partial charge on any atom is 0.407 e. The predicted octanol–water partition coefficient (Wildman–Crippen LogP) is 0.0739. The number of carbonyl (C=O) groups is 2. The second kappa shape index (κ2) is 2.28. The summed E-state index contributed by atoms with van der Waals surface area (Å²) < 4.78 is 4.73. The summed E-state index contributed by atoms with van der Waals surface area (Å²) in [5.41, 5.74) is -0.778. The summed E-state index contributed by atoms with van der Waals surface area (Å²) in [4.78, 5) is 20.8. The molecule has 4 heteroatoms. The average molecular weight is 143 g/mol. The van der Waals surface area contributed by atoms with E-state index < -0.39 is 11.7 Å². The zero-order valence-corrected chi connectivity index (χ0v) is 5.72. The molecule has 4 nitrogen and oxygen atoms in total. The fourth-order valence-electron chi connectivity index (χ4n) is 0.603.